The van der Waals surface area contributed by atoms with E-state index in [0.29, 0.717) is 0 Å². The van der Waals surface area contributed by atoms with E-state index in [0.717, 1.165) is 5.46 Å². The molecule has 33 valence electrons. The number of rotatable bonds is 0. The van der Waals surface area contributed by atoms with Gasteiger partial charge in [-0.1, -0.05) is 0 Å². The van der Waals surface area contributed by atoms with E-state index in [-0.39, 0.29) is 0 Å². The van der Waals surface area contributed by atoms with Crippen LogP contribution in [0.3, 0.4) is 0 Å². The van der Waals surface area contributed by atoms with Crippen molar-refractivity contribution in [1.29, 1.82) is 0 Å². The predicted molar refractivity (Wildman–Crippen MR) is 33.7 cm³/mol. The molecule has 7 heavy (non-hydrogen) atoms. The van der Waals surface area contributed by atoms with Crippen molar-refractivity contribution in [3.8, 4) is 0 Å². The first-order chi connectivity index (χ1) is 3.29. The van der Waals surface area contributed by atoms with Crippen LogP contribution in [0, 0.1) is 0 Å². The van der Waals surface area contributed by atoms with E-state index in [9.17, 15) is 0 Å². The zero-order valence-electron chi connectivity index (χ0n) is 4.31. The topological polar surface area (TPSA) is 0 Å². The molecule has 0 N–H and O–H groups in total. The Morgan fingerprint density at radius 2 is 2.14 bits per heavy atom. The Labute approximate surface area is 44.6 Å². The summed E-state index contributed by atoms with van der Waals surface area (Å²) in [6.45, 7) is 2.02. The zero-order chi connectivity index (χ0) is 5.28. The van der Waals surface area contributed by atoms with E-state index < -0.39 is 0 Å². The predicted octanol–water partition coefficient (Wildman–Crippen LogP) is 0.843. The standard InChI is InChI=1S/C6H6B/c1-5-2-3-6(7)4-5/h2-4H,1H3. The Hall–Kier alpha value is -0.585. The molecular formula is C6H6B. The van der Waals surface area contributed by atoms with Gasteiger partial charge in [-0.25, -0.2) is 0 Å². The van der Waals surface area contributed by atoms with Gasteiger partial charge in [0.05, 0.1) is 0 Å². The summed E-state index contributed by atoms with van der Waals surface area (Å²) < 4.78 is 0. The fourth-order valence-electron chi connectivity index (χ4n) is 0.587. The van der Waals surface area contributed by atoms with E-state index in [1.807, 2.05) is 25.2 Å². The van der Waals surface area contributed by atoms with Crippen LogP contribution in [0.5, 0.6) is 0 Å². The van der Waals surface area contributed by atoms with Crippen LogP contribution in [0.25, 0.3) is 0 Å². The van der Waals surface area contributed by atoms with Crippen LogP contribution in [0.2, 0.25) is 0 Å². The van der Waals surface area contributed by atoms with Crippen molar-refractivity contribution in [2.45, 2.75) is 6.92 Å². The van der Waals surface area contributed by atoms with E-state index in [2.05, 4.69) is 0 Å². The second-order valence-corrected chi connectivity index (χ2v) is 1.72. The van der Waals surface area contributed by atoms with Gasteiger partial charge in [0.15, 0.2) is 0 Å². The van der Waals surface area contributed by atoms with E-state index >= 15 is 0 Å². The van der Waals surface area contributed by atoms with Gasteiger partial charge >= 0.3 is 43.7 Å². The molecule has 0 aromatic carbocycles. The second kappa shape index (κ2) is 1.49. The van der Waals surface area contributed by atoms with Crippen LogP contribution in [-0.4, -0.2) is 13.0 Å². The number of allylic oxidation sites excluding steroid dienone is 4. The minimum absolute atomic E-state index is 0.859. The molecule has 1 aliphatic rings. The van der Waals surface area contributed by atoms with Gasteiger partial charge < -0.3 is 0 Å². The van der Waals surface area contributed by atoms with Gasteiger partial charge in [-0.15, -0.1) is 0 Å². The summed E-state index contributed by atoms with van der Waals surface area (Å²) >= 11 is 0. The molecule has 0 saturated heterocycles. The van der Waals surface area contributed by atoms with Crippen molar-refractivity contribution < 1.29 is 0 Å². The molecule has 0 nitrogen and oxygen atoms in total. The third-order valence-electron chi connectivity index (χ3n) is 0.933. The summed E-state index contributed by atoms with van der Waals surface area (Å²) in [6, 6.07) is 0. The SMILES string of the molecule is [B]=C1C=CC(C)=C1. The Kier molecular flexibility index (Phi) is 0.973. The molecule has 1 heteroatoms. The van der Waals surface area contributed by atoms with Crippen LogP contribution in [0.1, 0.15) is 6.92 Å². The molecule has 0 heterocycles. The summed E-state index contributed by atoms with van der Waals surface area (Å²) in [5.41, 5.74) is 2.09. The summed E-state index contributed by atoms with van der Waals surface area (Å²) in [5.74, 6) is 0. The van der Waals surface area contributed by atoms with Crippen molar-refractivity contribution in [2.24, 2.45) is 0 Å². The molecule has 1 rings (SSSR count). The first-order valence-corrected chi connectivity index (χ1v) is 2.28. The Morgan fingerprint density at radius 1 is 1.43 bits per heavy atom. The summed E-state index contributed by atoms with van der Waals surface area (Å²) in [7, 11) is 5.38. The average Bonchev–Trinajstić information content (AvgIpc) is 1.87. The van der Waals surface area contributed by atoms with E-state index in [1.165, 1.54) is 5.57 Å². The van der Waals surface area contributed by atoms with Crippen molar-refractivity contribution in [1.82, 2.24) is 0 Å². The van der Waals surface area contributed by atoms with Crippen molar-refractivity contribution in [3.63, 3.8) is 0 Å². The molecule has 0 aromatic rings. The summed E-state index contributed by atoms with van der Waals surface area (Å²) in [5, 5.41) is 0. The van der Waals surface area contributed by atoms with Crippen LogP contribution in [0.4, 0.5) is 0 Å². The number of hydrogen-bond acceptors (Lipinski definition) is 0. The van der Waals surface area contributed by atoms with Crippen LogP contribution < -0.4 is 0 Å². The fraction of sp³-hybridized carbons (Fsp3) is 0.167. The normalized spacial score (nSPS) is 17.7. The third-order valence-corrected chi connectivity index (χ3v) is 0.933. The fourth-order valence-corrected chi connectivity index (χ4v) is 0.587. The molecule has 0 atom stereocenters. The summed E-state index contributed by atoms with van der Waals surface area (Å²) in [6.07, 6.45) is 5.84. The Bertz CT molecular complexity index is 152. The third kappa shape index (κ3) is 0.892. The van der Waals surface area contributed by atoms with Crippen molar-refractivity contribution >= 4 is 13.0 Å². The average molecular weight is 88.9 g/mol. The molecule has 1 aliphatic carbocycles. The van der Waals surface area contributed by atoms with E-state index in [1.54, 1.807) is 0 Å². The molecule has 0 unspecified atom stereocenters. The zero-order valence-corrected chi connectivity index (χ0v) is 4.31. The molecule has 0 aliphatic heterocycles. The maximum atomic E-state index is 5.38. The van der Waals surface area contributed by atoms with Gasteiger partial charge in [0.2, 0.25) is 0 Å². The van der Waals surface area contributed by atoms with Gasteiger partial charge in [0, 0.05) is 0 Å². The molecular weight excluding hydrogens is 82.9 g/mol. The molecule has 1 radical (unpaired) electrons. The molecule has 0 bridgehead atoms. The van der Waals surface area contributed by atoms with Gasteiger partial charge in [-0.3, -0.25) is 0 Å². The van der Waals surface area contributed by atoms with E-state index in [4.69, 9.17) is 7.49 Å². The molecule has 0 amide bonds. The Balaban J connectivity index is 2.88. The van der Waals surface area contributed by atoms with Gasteiger partial charge in [-0.2, -0.15) is 0 Å². The maximum absolute atomic E-state index is 5.38. The van der Waals surface area contributed by atoms with Gasteiger partial charge in [-0.05, 0) is 0 Å². The molecule has 0 saturated carbocycles. The second-order valence-electron chi connectivity index (χ2n) is 1.72. The van der Waals surface area contributed by atoms with Crippen molar-refractivity contribution in [3.05, 3.63) is 23.8 Å². The molecule has 0 aromatic heterocycles. The van der Waals surface area contributed by atoms with Gasteiger partial charge in [0.25, 0.3) is 0 Å². The molecule has 0 fully saturated rings. The van der Waals surface area contributed by atoms with Crippen LogP contribution in [0.15, 0.2) is 23.8 Å². The van der Waals surface area contributed by atoms with Crippen LogP contribution >= 0.6 is 0 Å². The number of hydrogen-bond donors (Lipinski definition) is 0. The minimum atomic E-state index is 0.859. The van der Waals surface area contributed by atoms with Crippen molar-refractivity contribution in [2.75, 3.05) is 0 Å². The monoisotopic (exact) mass is 89.1 g/mol. The van der Waals surface area contributed by atoms with Crippen LogP contribution in [-0.2, 0) is 0 Å². The summed E-state index contributed by atoms with van der Waals surface area (Å²) in [4.78, 5) is 0. The van der Waals surface area contributed by atoms with Gasteiger partial charge in [0.1, 0.15) is 0 Å². The molecule has 0 spiro atoms. The quantitative estimate of drug-likeness (QED) is 0.386. The first kappa shape index (κ1) is 4.57. The first-order valence-electron chi connectivity index (χ1n) is 2.28. The Morgan fingerprint density at radius 3 is 2.29 bits per heavy atom.